The van der Waals surface area contributed by atoms with Crippen molar-refractivity contribution in [3.63, 3.8) is 0 Å². The second-order valence-electron chi connectivity index (χ2n) is 6.92. The molecular weight excluding hydrogens is 364 g/mol. The Hall–Kier alpha value is -3.93. The fraction of sp³-hybridized carbons (Fsp3) is 0.0870. The molecule has 0 amide bonds. The van der Waals surface area contributed by atoms with Crippen LogP contribution in [0.25, 0.3) is 16.5 Å². The van der Waals surface area contributed by atoms with Gasteiger partial charge in [-0.05, 0) is 23.6 Å². The van der Waals surface area contributed by atoms with Gasteiger partial charge < -0.3 is 5.11 Å². The molecule has 1 atom stereocenters. The van der Waals surface area contributed by atoms with Gasteiger partial charge in [-0.25, -0.2) is 4.68 Å². The highest BCUT2D eigenvalue weighted by molar-refractivity contribution is 5.95. The zero-order valence-electron chi connectivity index (χ0n) is 15.5. The molecule has 1 aliphatic rings. The third-order valence-corrected chi connectivity index (χ3v) is 5.09. The standard InChI is InChI=1S/C23H18N4O2/c28-18-8-4-7-17(15-18)26-14-12-22(29)23(25-26)21-11-13-24-27(21)20-10-3-6-16-5-1-2-9-19(16)20/h1-10,12-15,21,28H,11H2. The Bertz CT molecular complexity index is 1290. The lowest BCUT2D eigenvalue weighted by Gasteiger charge is -2.24. The molecule has 4 aromatic rings. The lowest BCUT2D eigenvalue weighted by atomic mass is 10.1. The summed E-state index contributed by atoms with van der Waals surface area (Å²) in [7, 11) is 0. The number of aromatic hydroxyl groups is 1. The third-order valence-electron chi connectivity index (χ3n) is 5.09. The molecule has 142 valence electrons. The first-order chi connectivity index (χ1) is 14.2. The normalized spacial score (nSPS) is 15.9. The van der Waals surface area contributed by atoms with Crippen molar-refractivity contribution < 1.29 is 5.11 Å². The summed E-state index contributed by atoms with van der Waals surface area (Å²) in [5.74, 6) is 0.145. The van der Waals surface area contributed by atoms with Gasteiger partial charge in [0.05, 0.1) is 11.4 Å². The van der Waals surface area contributed by atoms with Crippen LogP contribution in [0.4, 0.5) is 5.69 Å². The van der Waals surface area contributed by atoms with Crippen molar-refractivity contribution in [3.05, 3.63) is 94.9 Å². The molecule has 0 bridgehead atoms. The molecule has 29 heavy (non-hydrogen) atoms. The van der Waals surface area contributed by atoms with E-state index in [-0.39, 0.29) is 17.2 Å². The molecule has 2 heterocycles. The summed E-state index contributed by atoms with van der Waals surface area (Å²) < 4.78 is 1.61. The van der Waals surface area contributed by atoms with Crippen LogP contribution in [0.1, 0.15) is 18.2 Å². The van der Waals surface area contributed by atoms with E-state index in [0.717, 1.165) is 16.5 Å². The first-order valence-electron chi connectivity index (χ1n) is 9.39. The van der Waals surface area contributed by atoms with Crippen molar-refractivity contribution in [2.45, 2.75) is 12.5 Å². The van der Waals surface area contributed by atoms with Crippen molar-refractivity contribution in [2.75, 3.05) is 5.01 Å². The Morgan fingerprint density at radius 3 is 2.69 bits per heavy atom. The number of aromatic nitrogens is 2. The minimum absolute atomic E-state index is 0.137. The summed E-state index contributed by atoms with van der Waals surface area (Å²) in [4.78, 5) is 12.7. The van der Waals surface area contributed by atoms with Gasteiger partial charge in [0, 0.05) is 36.4 Å². The average molecular weight is 382 g/mol. The van der Waals surface area contributed by atoms with E-state index in [1.54, 1.807) is 29.1 Å². The van der Waals surface area contributed by atoms with Crippen LogP contribution in [-0.2, 0) is 0 Å². The molecule has 6 heteroatoms. The average Bonchev–Trinajstić information content (AvgIpc) is 3.23. The molecule has 1 unspecified atom stereocenters. The van der Waals surface area contributed by atoms with Crippen LogP contribution in [0, 0.1) is 0 Å². The Labute approximate surface area is 167 Å². The number of hydrogen-bond donors (Lipinski definition) is 1. The molecule has 0 spiro atoms. The lowest BCUT2D eigenvalue weighted by molar-refractivity contribution is 0.474. The van der Waals surface area contributed by atoms with Gasteiger partial charge in [-0.15, -0.1) is 0 Å². The largest absolute Gasteiger partial charge is 0.508 e. The SMILES string of the molecule is O=c1ccn(-c2cccc(O)c2)nc1C1CC=NN1c1cccc2ccccc12. The molecule has 0 radical (unpaired) electrons. The predicted molar refractivity (Wildman–Crippen MR) is 114 cm³/mol. The number of phenolic OH excluding ortho intramolecular Hbond substituents is 1. The maximum absolute atomic E-state index is 12.7. The zero-order valence-corrected chi connectivity index (χ0v) is 15.5. The highest BCUT2D eigenvalue weighted by Gasteiger charge is 2.29. The van der Waals surface area contributed by atoms with Gasteiger partial charge in [0.25, 0.3) is 0 Å². The quantitative estimate of drug-likeness (QED) is 0.581. The molecule has 0 aliphatic carbocycles. The highest BCUT2D eigenvalue weighted by Crippen LogP contribution is 2.35. The van der Waals surface area contributed by atoms with Crippen molar-refractivity contribution in [1.82, 2.24) is 9.78 Å². The summed E-state index contributed by atoms with van der Waals surface area (Å²) in [6.07, 6.45) is 4.02. The molecule has 0 saturated carbocycles. The number of benzene rings is 3. The molecule has 0 saturated heterocycles. The van der Waals surface area contributed by atoms with Crippen molar-refractivity contribution in [3.8, 4) is 11.4 Å². The van der Waals surface area contributed by atoms with Crippen LogP contribution >= 0.6 is 0 Å². The molecule has 1 aromatic heterocycles. The molecular formula is C23H18N4O2. The van der Waals surface area contributed by atoms with Crippen molar-refractivity contribution in [1.29, 1.82) is 0 Å². The number of rotatable bonds is 3. The topological polar surface area (TPSA) is 70.7 Å². The van der Waals surface area contributed by atoms with Crippen LogP contribution in [0.5, 0.6) is 5.75 Å². The molecule has 3 aromatic carbocycles. The molecule has 1 aliphatic heterocycles. The second kappa shape index (κ2) is 6.91. The number of hydrazone groups is 1. The van der Waals surface area contributed by atoms with Crippen molar-refractivity contribution in [2.24, 2.45) is 5.10 Å². The Morgan fingerprint density at radius 2 is 1.79 bits per heavy atom. The number of anilines is 1. The van der Waals surface area contributed by atoms with Gasteiger partial charge in [-0.3, -0.25) is 9.80 Å². The van der Waals surface area contributed by atoms with E-state index in [4.69, 9.17) is 0 Å². The van der Waals surface area contributed by atoms with Gasteiger partial charge in [-0.2, -0.15) is 10.2 Å². The smallest absolute Gasteiger partial charge is 0.205 e. The lowest BCUT2D eigenvalue weighted by Crippen LogP contribution is -2.27. The number of fused-ring (bicyclic) bond motifs is 1. The molecule has 6 nitrogen and oxygen atoms in total. The summed E-state index contributed by atoms with van der Waals surface area (Å²) in [5, 5.41) is 23.0. The number of hydrogen-bond acceptors (Lipinski definition) is 5. The highest BCUT2D eigenvalue weighted by atomic mass is 16.3. The number of nitrogens with zero attached hydrogens (tertiary/aromatic N) is 4. The third kappa shape index (κ3) is 3.04. The van der Waals surface area contributed by atoms with E-state index in [0.29, 0.717) is 17.8 Å². The van der Waals surface area contributed by atoms with E-state index in [1.807, 2.05) is 41.6 Å². The monoisotopic (exact) mass is 382 g/mol. The molecule has 1 N–H and O–H groups in total. The first-order valence-corrected chi connectivity index (χ1v) is 9.39. The van der Waals surface area contributed by atoms with Gasteiger partial charge in [0.15, 0.2) is 0 Å². The van der Waals surface area contributed by atoms with E-state index in [1.165, 1.54) is 6.07 Å². The van der Waals surface area contributed by atoms with Crippen LogP contribution in [0.2, 0.25) is 0 Å². The van der Waals surface area contributed by atoms with E-state index >= 15 is 0 Å². The van der Waals surface area contributed by atoms with Gasteiger partial charge in [-0.1, -0.05) is 42.5 Å². The van der Waals surface area contributed by atoms with Crippen molar-refractivity contribution >= 4 is 22.7 Å². The summed E-state index contributed by atoms with van der Waals surface area (Å²) >= 11 is 0. The Morgan fingerprint density at radius 1 is 0.966 bits per heavy atom. The predicted octanol–water partition coefficient (Wildman–Crippen LogP) is 4.03. The second-order valence-corrected chi connectivity index (χ2v) is 6.92. The minimum Gasteiger partial charge on any atom is -0.508 e. The van der Waals surface area contributed by atoms with E-state index in [9.17, 15) is 9.90 Å². The first kappa shape index (κ1) is 17.2. The fourth-order valence-corrected chi connectivity index (χ4v) is 3.71. The van der Waals surface area contributed by atoms with Crippen LogP contribution < -0.4 is 10.4 Å². The van der Waals surface area contributed by atoms with E-state index < -0.39 is 0 Å². The number of phenols is 1. The van der Waals surface area contributed by atoms with Crippen LogP contribution in [0.3, 0.4) is 0 Å². The fourth-order valence-electron chi connectivity index (χ4n) is 3.71. The summed E-state index contributed by atoms with van der Waals surface area (Å²) in [6.45, 7) is 0. The maximum atomic E-state index is 12.7. The van der Waals surface area contributed by atoms with Crippen LogP contribution in [-0.4, -0.2) is 21.1 Å². The van der Waals surface area contributed by atoms with Gasteiger partial charge in [0.1, 0.15) is 17.5 Å². The molecule has 5 rings (SSSR count). The minimum atomic E-state index is -0.293. The Balaban J connectivity index is 1.60. The Kier molecular flexibility index (Phi) is 4.09. The summed E-state index contributed by atoms with van der Waals surface area (Å²) in [6, 6.07) is 22.2. The summed E-state index contributed by atoms with van der Waals surface area (Å²) in [5.41, 5.74) is 1.90. The van der Waals surface area contributed by atoms with E-state index in [2.05, 4.69) is 28.4 Å². The zero-order chi connectivity index (χ0) is 19.8. The van der Waals surface area contributed by atoms with Gasteiger partial charge in [0.2, 0.25) is 5.43 Å². The molecule has 0 fully saturated rings. The maximum Gasteiger partial charge on any atom is 0.205 e. The van der Waals surface area contributed by atoms with Gasteiger partial charge >= 0.3 is 0 Å². The van der Waals surface area contributed by atoms with Crippen LogP contribution in [0.15, 0.2) is 88.9 Å².